The van der Waals surface area contributed by atoms with Crippen LogP contribution >= 0.6 is 0 Å². The van der Waals surface area contributed by atoms with Crippen molar-refractivity contribution in [2.45, 2.75) is 11.8 Å². The number of aromatic nitrogens is 1. The molecule has 0 atom stereocenters. The molecule has 7 heteroatoms. The van der Waals surface area contributed by atoms with Gasteiger partial charge in [0.05, 0.1) is 16.8 Å². The predicted molar refractivity (Wildman–Crippen MR) is 84.9 cm³/mol. The van der Waals surface area contributed by atoms with Gasteiger partial charge in [0.1, 0.15) is 11.6 Å². The van der Waals surface area contributed by atoms with E-state index in [2.05, 4.69) is 21.6 Å². The Morgan fingerprint density at radius 2 is 2.09 bits per heavy atom. The molecule has 116 valence electrons. The van der Waals surface area contributed by atoms with Gasteiger partial charge in [-0.3, -0.25) is 4.72 Å². The van der Waals surface area contributed by atoms with Crippen molar-refractivity contribution in [2.75, 3.05) is 16.6 Å². The number of sulfonamides is 1. The topological polar surface area (TPSA) is 71.1 Å². The quantitative estimate of drug-likeness (QED) is 0.803. The molecule has 0 unspecified atom stereocenters. The van der Waals surface area contributed by atoms with Crippen molar-refractivity contribution in [2.24, 2.45) is 0 Å². The molecule has 0 aliphatic heterocycles. The van der Waals surface area contributed by atoms with Gasteiger partial charge in [-0.2, -0.15) is 0 Å². The fourth-order valence-corrected chi connectivity index (χ4v) is 2.86. The Kier molecular flexibility index (Phi) is 4.77. The molecule has 0 spiro atoms. The number of anilines is 2. The zero-order valence-electron chi connectivity index (χ0n) is 12.0. The second kappa shape index (κ2) is 6.57. The van der Waals surface area contributed by atoms with Crippen LogP contribution in [-0.4, -0.2) is 19.9 Å². The average molecular weight is 321 g/mol. The number of benzene rings is 1. The Labute approximate surface area is 129 Å². The second-order valence-corrected chi connectivity index (χ2v) is 6.30. The van der Waals surface area contributed by atoms with Gasteiger partial charge in [0.2, 0.25) is 0 Å². The summed E-state index contributed by atoms with van der Waals surface area (Å²) in [5.74, 6) is 0.165. The van der Waals surface area contributed by atoms with Gasteiger partial charge in [0.15, 0.2) is 0 Å². The molecule has 0 saturated heterocycles. The van der Waals surface area contributed by atoms with Crippen LogP contribution in [0.25, 0.3) is 0 Å². The average Bonchev–Trinajstić information content (AvgIpc) is 2.49. The summed E-state index contributed by atoms with van der Waals surface area (Å²) in [4.78, 5) is 4.08. The van der Waals surface area contributed by atoms with Crippen molar-refractivity contribution in [3.63, 3.8) is 0 Å². The van der Waals surface area contributed by atoms with E-state index in [0.29, 0.717) is 18.1 Å². The molecule has 2 aromatic rings. The van der Waals surface area contributed by atoms with Crippen LogP contribution in [0, 0.1) is 12.7 Å². The molecular weight excluding hydrogens is 305 g/mol. The van der Waals surface area contributed by atoms with Crippen LogP contribution in [0.5, 0.6) is 0 Å². The summed E-state index contributed by atoms with van der Waals surface area (Å²) < 4.78 is 40.1. The molecular formula is C15H16FN3O2S. The molecule has 1 heterocycles. The summed E-state index contributed by atoms with van der Waals surface area (Å²) >= 11 is 0. The number of aryl methyl sites for hydroxylation is 1. The highest BCUT2D eigenvalue weighted by Crippen LogP contribution is 2.18. The number of nitrogens with zero attached hydrogens (tertiary/aromatic N) is 1. The van der Waals surface area contributed by atoms with Crippen LogP contribution < -0.4 is 10.0 Å². The van der Waals surface area contributed by atoms with Crippen molar-refractivity contribution < 1.29 is 12.8 Å². The molecule has 5 nitrogen and oxygen atoms in total. The largest absolute Gasteiger partial charge is 0.367 e. The summed E-state index contributed by atoms with van der Waals surface area (Å²) in [7, 11) is -3.78. The molecule has 1 aromatic heterocycles. The van der Waals surface area contributed by atoms with Crippen LogP contribution in [0.4, 0.5) is 15.9 Å². The van der Waals surface area contributed by atoms with Crippen molar-refractivity contribution in [3.05, 3.63) is 60.6 Å². The highest BCUT2D eigenvalue weighted by molar-refractivity contribution is 7.92. The number of halogens is 1. The van der Waals surface area contributed by atoms with Crippen LogP contribution in [0.15, 0.2) is 54.1 Å². The fourth-order valence-electron chi connectivity index (χ4n) is 1.73. The van der Waals surface area contributed by atoms with E-state index >= 15 is 0 Å². The molecule has 0 bridgehead atoms. The lowest BCUT2D eigenvalue weighted by Gasteiger charge is -2.09. The number of hydrogen-bond acceptors (Lipinski definition) is 4. The Morgan fingerprint density at radius 3 is 2.68 bits per heavy atom. The zero-order chi connectivity index (χ0) is 16.2. The van der Waals surface area contributed by atoms with E-state index in [1.807, 2.05) is 0 Å². The van der Waals surface area contributed by atoms with Gasteiger partial charge >= 0.3 is 0 Å². The third kappa shape index (κ3) is 3.82. The zero-order valence-corrected chi connectivity index (χ0v) is 12.8. The second-order valence-electron chi connectivity index (χ2n) is 4.62. The van der Waals surface area contributed by atoms with Gasteiger partial charge in [0.25, 0.3) is 10.0 Å². The minimum atomic E-state index is -3.78. The standard InChI is InChI=1S/C15H16FN3O2S/c1-3-8-17-15-7-4-12(10-18-15)19-22(20,21)13-5-6-14(16)11(2)9-13/h3-7,9-10,19H,1,8H2,2H3,(H,17,18). The Bertz CT molecular complexity index is 774. The van der Waals surface area contributed by atoms with E-state index in [9.17, 15) is 12.8 Å². The Balaban J connectivity index is 2.17. The maximum absolute atomic E-state index is 13.2. The molecule has 2 N–H and O–H groups in total. The van der Waals surface area contributed by atoms with Crippen molar-refractivity contribution >= 4 is 21.5 Å². The van der Waals surface area contributed by atoms with Gasteiger partial charge in [0, 0.05) is 6.54 Å². The summed E-state index contributed by atoms with van der Waals surface area (Å²) in [5.41, 5.74) is 0.594. The van der Waals surface area contributed by atoms with E-state index in [1.54, 1.807) is 18.2 Å². The van der Waals surface area contributed by atoms with Gasteiger partial charge in [-0.25, -0.2) is 17.8 Å². The lowest BCUT2D eigenvalue weighted by atomic mass is 10.2. The predicted octanol–water partition coefficient (Wildman–Crippen LogP) is 2.93. The van der Waals surface area contributed by atoms with Gasteiger partial charge < -0.3 is 5.32 Å². The maximum Gasteiger partial charge on any atom is 0.261 e. The lowest BCUT2D eigenvalue weighted by Crippen LogP contribution is -2.13. The van der Waals surface area contributed by atoms with Crippen LogP contribution in [0.1, 0.15) is 5.56 Å². The van der Waals surface area contributed by atoms with E-state index in [4.69, 9.17) is 0 Å². The number of pyridine rings is 1. The van der Waals surface area contributed by atoms with E-state index < -0.39 is 15.8 Å². The highest BCUT2D eigenvalue weighted by atomic mass is 32.2. The summed E-state index contributed by atoms with van der Waals surface area (Å²) in [6.45, 7) is 5.65. The molecule has 0 saturated carbocycles. The SMILES string of the molecule is C=CCNc1ccc(NS(=O)(=O)c2ccc(F)c(C)c2)cn1. The van der Waals surface area contributed by atoms with Gasteiger partial charge in [-0.15, -0.1) is 6.58 Å². The fraction of sp³-hybridized carbons (Fsp3) is 0.133. The molecule has 0 amide bonds. The normalized spacial score (nSPS) is 11.0. The minimum absolute atomic E-state index is 0.000240. The summed E-state index contributed by atoms with van der Waals surface area (Å²) in [6.07, 6.45) is 3.09. The summed E-state index contributed by atoms with van der Waals surface area (Å²) in [5, 5.41) is 2.98. The first kappa shape index (κ1) is 16.0. The number of hydrogen-bond donors (Lipinski definition) is 2. The lowest BCUT2D eigenvalue weighted by molar-refractivity contribution is 0.598. The van der Waals surface area contributed by atoms with Crippen molar-refractivity contribution in [1.29, 1.82) is 0 Å². The monoisotopic (exact) mass is 321 g/mol. The molecule has 1 aromatic carbocycles. The molecule has 0 aliphatic rings. The summed E-state index contributed by atoms with van der Waals surface area (Å²) in [6, 6.07) is 6.87. The van der Waals surface area contributed by atoms with E-state index in [-0.39, 0.29) is 10.5 Å². The third-order valence-corrected chi connectivity index (χ3v) is 4.26. The van der Waals surface area contributed by atoms with Crippen molar-refractivity contribution in [3.8, 4) is 0 Å². The Morgan fingerprint density at radius 1 is 1.32 bits per heavy atom. The number of nitrogens with one attached hydrogen (secondary N) is 2. The van der Waals surface area contributed by atoms with Crippen molar-refractivity contribution in [1.82, 2.24) is 4.98 Å². The van der Waals surface area contributed by atoms with E-state index in [0.717, 1.165) is 6.07 Å². The van der Waals surface area contributed by atoms with E-state index in [1.165, 1.54) is 25.3 Å². The molecule has 2 rings (SSSR count). The Hall–Kier alpha value is -2.41. The van der Waals surface area contributed by atoms with Gasteiger partial charge in [-0.05, 0) is 42.8 Å². The molecule has 0 fully saturated rings. The van der Waals surface area contributed by atoms with Crippen LogP contribution in [0.3, 0.4) is 0 Å². The third-order valence-electron chi connectivity index (χ3n) is 2.88. The highest BCUT2D eigenvalue weighted by Gasteiger charge is 2.15. The molecule has 0 aliphatic carbocycles. The van der Waals surface area contributed by atoms with Gasteiger partial charge in [-0.1, -0.05) is 6.08 Å². The van der Waals surface area contributed by atoms with Crippen LogP contribution in [-0.2, 0) is 10.0 Å². The molecule has 22 heavy (non-hydrogen) atoms. The maximum atomic E-state index is 13.2. The first-order valence-corrected chi connectivity index (χ1v) is 8.00. The molecule has 0 radical (unpaired) electrons. The number of rotatable bonds is 6. The van der Waals surface area contributed by atoms with Crippen LogP contribution in [0.2, 0.25) is 0 Å². The minimum Gasteiger partial charge on any atom is -0.367 e. The smallest absolute Gasteiger partial charge is 0.261 e. The first-order valence-electron chi connectivity index (χ1n) is 6.52. The first-order chi connectivity index (χ1) is 10.4.